The Morgan fingerprint density at radius 3 is 2.33 bits per heavy atom. The highest BCUT2D eigenvalue weighted by Crippen LogP contribution is 2.31. The van der Waals surface area contributed by atoms with Gasteiger partial charge in [0.05, 0.1) is 4.90 Å². The lowest BCUT2D eigenvalue weighted by atomic mass is 10.1. The van der Waals surface area contributed by atoms with Crippen LogP contribution in [0, 0.1) is 0 Å². The second-order valence-electron chi connectivity index (χ2n) is 9.89. The predicted molar refractivity (Wildman–Crippen MR) is 152 cm³/mol. The molecule has 1 aromatic heterocycles. The number of benzene rings is 3. The Bertz CT molecular complexity index is 1590. The smallest absolute Gasteiger partial charge is 0.421 e. The van der Waals surface area contributed by atoms with Crippen molar-refractivity contribution in [2.45, 2.75) is 51.0 Å². The van der Waals surface area contributed by atoms with E-state index in [2.05, 4.69) is 17.1 Å². The molecule has 3 aromatic carbocycles. The normalized spacial score (nSPS) is 11.8. The van der Waals surface area contributed by atoms with Crippen molar-refractivity contribution in [3.8, 4) is 10.6 Å². The molecule has 0 aliphatic heterocycles. The molecular formula is C28H30N4O5S2. The average Bonchev–Trinajstić information content (AvgIpc) is 3.37. The van der Waals surface area contributed by atoms with Crippen LogP contribution in [0.3, 0.4) is 0 Å². The summed E-state index contributed by atoms with van der Waals surface area (Å²) in [5, 5.41) is 11.6. The molecule has 0 fully saturated rings. The number of fused-ring (bicyclic) bond motifs is 1. The van der Waals surface area contributed by atoms with Crippen LogP contribution >= 0.6 is 11.3 Å². The van der Waals surface area contributed by atoms with Crippen LogP contribution in [0.15, 0.2) is 71.6 Å². The number of rotatable bonds is 8. The summed E-state index contributed by atoms with van der Waals surface area (Å²) in [4.78, 5) is 27.0. The number of hydrogen-bond acceptors (Lipinski definition) is 8. The lowest BCUT2D eigenvalue weighted by Gasteiger charge is -2.19. The second kappa shape index (κ2) is 11.5. The molecule has 0 saturated heterocycles. The van der Waals surface area contributed by atoms with Crippen LogP contribution < -0.4 is 9.62 Å². The van der Waals surface area contributed by atoms with Gasteiger partial charge < -0.3 is 4.74 Å². The summed E-state index contributed by atoms with van der Waals surface area (Å²) in [5.41, 5.74) is 0.358. The van der Waals surface area contributed by atoms with Gasteiger partial charge in [-0.05, 0) is 62.2 Å². The van der Waals surface area contributed by atoms with Crippen LogP contribution in [0.5, 0.6) is 0 Å². The van der Waals surface area contributed by atoms with E-state index < -0.39 is 21.7 Å². The Hall–Kier alpha value is -3.83. The highest BCUT2D eigenvalue weighted by molar-refractivity contribution is 7.90. The van der Waals surface area contributed by atoms with Crippen molar-refractivity contribution in [2.24, 2.45) is 0 Å². The molecule has 1 heterocycles. The monoisotopic (exact) mass is 566 g/mol. The van der Waals surface area contributed by atoms with E-state index in [1.807, 2.05) is 47.2 Å². The first-order chi connectivity index (χ1) is 18.5. The fraction of sp³-hybridized carbons (Fsp3) is 0.286. The first-order valence-corrected chi connectivity index (χ1v) is 14.8. The van der Waals surface area contributed by atoms with E-state index in [-0.39, 0.29) is 10.8 Å². The first-order valence-electron chi connectivity index (χ1n) is 12.5. The SMILES string of the molecule is CCCCN(C(=O)c1ccc2ccccc2c1)c1nnc(-c2ccc(S(=O)(=O)NC(=O)OC(C)(C)C)cc2)s1. The Morgan fingerprint density at radius 1 is 0.974 bits per heavy atom. The number of sulfonamides is 1. The van der Waals surface area contributed by atoms with Gasteiger partial charge in [0.1, 0.15) is 10.6 Å². The van der Waals surface area contributed by atoms with Gasteiger partial charge in [-0.25, -0.2) is 17.9 Å². The number of anilines is 1. The van der Waals surface area contributed by atoms with Crippen LogP contribution in [0.25, 0.3) is 21.3 Å². The summed E-state index contributed by atoms with van der Waals surface area (Å²) < 4.78 is 32.1. The van der Waals surface area contributed by atoms with Crippen molar-refractivity contribution >= 4 is 49.3 Å². The minimum Gasteiger partial charge on any atom is -0.443 e. The molecular weight excluding hydrogens is 536 g/mol. The molecule has 4 aromatic rings. The Balaban J connectivity index is 1.55. The van der Waals surface area contributed by atoms with E-state index in [0.717, 1.165) is 23.6 Å². The maximum absolute atomic E-state index is 13.5. The van der Waals surface area contributed by atoms with E-state index in [4.69, 9.17) is 4.74 Å². The van der Waals surface area contributed by atoms with Crippen molar-refractivity contribution < 1.29 is 22.7 Å². The minimum atomic E-state index is -4.12. The predicted octanol–water partition coefficient (Wildman–Crippen LogP) is 6.02. The Morgan fingerprint density at radius 2 is 1.67 bits per heavy atom. The molecule has 1 N–H and O–H groups in total. The zero-order chi connectivity index (χ0) is 28.2. The third-order valence-electron chi connectivity index (χ3n) is 5.65. The molecule has 0 spiro atoms. The number of ether oxygens (including phenoxy) is 1. The summed E-state index contributed by atoms with van der Waals surface area (Å²) >= 11 is 1.25. The average molecular weight is 567 g/mol. The summed E-state index contributed by atoms with van der Waals surface area (Å²) in [5.74, 6) is -0.161. The second-order valence-corrected chi connectivity index (χ2v) is 12.5. The summed E-state index contributed by atoms with van der Waals surface area (Å²) in [6, 6.07) is 19.4. The highest BCUT2D eigenvalue weighted by atomic mass is 32.2. The molecule has 204 valence electrons. The van der Waals surface area contributed by atoms with Gasteiger partial charge in [-0.2, -0.15) is 0 Å². The van der Waals surface area contributed by atoms with E-state index >= 15 is 0 Å². The molecule has 0 radical (unpaired) electrons. The van der Waals surface area contributed by atoms with E-state index in [1.165, 1.54) is 23.5 Å². The standard InChI is InChI=1S/C28H30N4O5S2/c1-5-6-17-32(25(33)22-12-11-19-9-7-8-10-21(19)18-22)26-30-29-24(38-26)20-13-15-23(16-14-20)39(35,36)31-27(34)37-28(2,3)4/h7-16,18H,5-6,17H2,1-4H3,(H,31,34). The summed E-state index contributed by atoms with van der Waals surface area (Å²) in [7, 11) is -4.12. The Kier molecular flexibility index (Phi) is 8.31. The van der Waals surface area contributed by atoms with Gasteiger partial charge in [0.25, 0.3) is 15.9 Å². The molecule has 4 rings (SSSR count). The number of unbranched alkanes of at least 4 members (excludes halogenated alkanes) is 1. The molecule has 0 atom stereocenters. The minimum absolute atomic E-state index is 0.0992. The van der Waals surface area contributed by atoms with Crippen molar-refractivity contribution in [3.63, 3.8) is 0 Å². The molecule has 0 aliphatic carbocycles. The maximum atomic E-state index is 13.5. The van der Waals surface area contributed by atoms with Crippen molar-refractivity contribution in [1.82, 2.24) is 14.9 Å². The van der Waals surface area contributed by atoms with Crippen molar-refractivity contribution in [3.05, 3.63) is 72.3 Å². The number of carbonyl (C=O) groups is 2. The molecule has 0 saturated carbocycles. The topological polar surface area (TPSA) is 119 Å². The number of hydrogen-bond donors (Lipinski definition) is 1. The molecule has 9 nitrogen and oxygen atoms in total. The molecule has 2 amide bonds. The number of nitrogens with zero attached hydrogens (tertiary/aromatic N) is 3. The number of nitrogens with one attached hydrogen (secondary N) is 1. The van der Waals surface area contributed by atoms with Gasteiger partial charge in [-0.1, -0.05) is 67.1 Å². The molecule has 39 heavy (non-hydrogen) atoms. The third kappa shape index (κ3) is 6.98. The van der Waals surface area contributed by atoms with Crippen LogP contribution in [0.4, 0.5) is 9.93 Å². The van der Waals surface area contributed by atoms with E-state index in [0.29, 0.717) is 27.8 Å². The third-order valence-corrected chi connectivity index (χ3v) is 7.97. The summed E-state index contributed by atoms with van der Waals surface area (Å²) in [6.45, 7) is 7.47. The number of amides is 2. The summed E-state index contributed by atoms with van der Waals surface area (Å²) in [6.07, 6.45) is 0.648. The molecule has 0 unspecified atom stereocenters. The van der Waals surface area contributed by atoms with E-state index in [9.17, 15) is 18.0 Å². The van der Waals surface area contributed by atoms with Gasteiger partial charge >= 0.3 is 6.09 Å². The van der Waals surface area contributed by atoms with Crippen molar-refractivity contribution in [2.75, 3.05) is 11.4 Å². The maximum Gasteiger partial charge on any atom is 0.421 e. The van der Waals surface area contributed by atoms with Gasteiger partial charge in [-0.3, -0.25) is 9.69 Å². The van der Waals surface area contributed by atoms with Gasteiger partial charge in [0, 0.05) is 17.7 Å². The fourth-order valence-electron chi connectivity index (χ4n) is 3.76. The first kappa shape index (κ1) is 28.2. The van der Waals surface area contributed by atoms with Crippen LogP contribution in [0.1, 0.15) is 50.9 Å². The zero-order valence-corrected chi connectivity index (χ0v) is 23.8. The van der Waals surface area contributed by atoms with Gasteiger partial charge in [0.2, 0.25) is 5.13 Å². The molecule has 0 aliphatic rings. The fourth-order valence-corrected chi connectivity index (χ4v) is 5.51. The van der Waals surface area contributed by atoms with E-state index in [1.54, 1.807) is 37.8 Å². The van der Waals surface area contributed by atoms with Gasteiger partial charge in [-0.15, -0.1) is 10.2 Å². The number of aromatic nitrogens is 2. The molecule has 0 bridgehead atoms. The largest absolute Gasteiger partial charge is 0.443 e. The lowest BCUT2D eigenvalue weighted by molar-refractivity contribution is 0.0570. The molecule has 11 heteroatoms. The van der Waals surface area contributed by atoms with Gasteiger partial charge in [0.15, 0.2) is 0 Å². The highest BCUT2D eigenvalue weighted by Gasteiger charge is 2.24. The lowest BCUT2D eigenvalue weighted by Crippen LogP contribution is -2.36. The van der Waals surface area contributed by atoms with Crippen LogP contribution in [-0.2, 0) is 14.8 Å². The van der Waals surface area contributed by atoms with Crippen molar-refractivity contribution in [1.29, 1.82) is 0 Å². The number of carbonyl (C=O) groups excluding carboxylic acids is 2. The van der Waals surface area contributed by atoms with Crippen LogP contribution in [-0.4, -0.2) is 42.8 Å². The quantitative estimate of drug-likeness (QED) is 0.277. The zero-order valence-electron chi connectivity index (χ0n) is 22.2. The Labute approximate surface area is 231 Å². The van der Waals surface area contributed by atoms with Crippen LogP contribution in [0.2, 0.25) is 0 Å².